The van der Waals surface area contributed by atoms with Crippen molar-refractivity contribution in [2.75, 3.05) is 6.54 Å². The van der Waals surface area contributed by atoms with Crippen LogP contribution in [0, 0.1) is 0 Å². The number of nitrogens with two attached hydrogens (primary N) is 1. The third-order valence-corrected chi connectivity index (χ3v) is 2.84. The molecule has 1 heterocycles. The Morgan fingerprint density at radius 3 is 2.89 bits per heavy atom. The summed E-state index contributed by atoms with van der Waals surface area (Å²) in [7, 11) is 1.98. The van der Waals surface area contributed by atoms with Crippen molar-refractivity contribution in [3.8, 4) is 0 Å². The Bertz CT molecular complexity index is 624. The molecule has 1 aromatic carbocycles. The fourth-order valence-corrected chi connectivity index (χ4v) is 1.79. The van der Waals surface area contributed by atoms with Crippen LogP contribution in [0.25, 0.3) is 11.0 Å². The predicted octanol–water partition coefficient (Wildman–Crippen LogP) is 1.55. The molecule has 19 heavy (non-hydrogen) atoms. The summed E-state index contributed by atoms with van der Waals surface area (Å²) >= 11 is 0. The van der Waals surface area contributed by atoms with Gasteiger partial charge in [-0.3, -0.25) is 0 Å². The molecular weight excluding hydrogens is 238 g/mol. The van der Waals surface area contributed by atoms with Crippen LogP contribution in [0.5, 0.6) is 0 Å². The minimum absolute atomic E-state index is 0.412. The molecule has 0 saturated heterocycles. The highest BCUT2D eigenvalue weighted by Gasteiger charge is 2.05. The van der Waals surface area contributed by atoms with Gasteiger partial charge >= 0.3 is 0 Å². The smallest absolute Gasteiger partial charge is 0.189 e. The van der Waals surface area contributed by atoms with Gasteiger partial charge in [-0.05, 0) is 19.1 Å². The maximum absolute atomic E-state index is 5.77. The highest BCUT2D eigenvalue weighted by Crippen LogP contribution is 2.14. The average Bonchev–Trinajstić information content (AvgIpc) is 2.71. The molecule has 0 atom stereocenters. The third-order valence-electron chi connectivity index (χ3n) is 2.84. The summed E-state index contributed by atoms with van der Waals surface area (Å²) in [6, 6.07) is 8.01. The Balaban J connectivity index is 2.11. The van der Waals surface area contributed by atoms with E-state index in [1.807, 2.05) is 42.8 Å². The largest absolute Gasteiger partial charge is 0.370 e. The van der Waals surface area contributed by atoms with Crippen molar-refractivity contribution in [3.05, 3.63) is 42.2 Å². The molecule has 0 amide bonds. The second kappa shape index (κ2) is 5.56. The molecule has 0 bridgehead atoms. The van der Waals surface area contributed by atoms with E-state index in [9.17, 15) is 0 Å². The number of hydrogen-bond donors (Lipinski definition) is 2. The van der Waals surface area contributed by atoms with Gasteiger partial charge in [0.1, 0.15) is 12.4 Å². The Morgan fingerprint density at radius 1 is 1.47 bits per heavy atom. The summed E-state index contributed by atoms with van der Waals surface area (Å²) in [5, 5.41) is 3.00. The zero-order valence-corrected chi connectivity index (χ0v) is 11.3. The lowest BCUT2D eigenvalue weighted by molar-refractivity contribution is 0.805. The first kappa shape index (κ1) is 13.1. The van der Waals surface area contributed by atoms with Gasteiger partial charge in [-0.25, -0.2) is 9.98 Å². The Kier molecular flexibility index (Phi) is 3.85. The molecule has 0 unspecified atom stereocenters. The van der Waals surface area contributed by atoms with E-state index in [-0.39, 0.29) is 0 Å². The molecular formula is C14H19N5. The second-order valence-electron chi connectivity index (χ2n) is 4.59. The van der Waals surface area contributed by atoms with Crippen molar-refractivity contribution in [1.29, 1.82) is 0 Å². The molecule has 0 aliphatic carbocycles. The maximum Gasteiger partial charge on any atom is 0.189 e. The van der Waals surface area contributed by atoms with Crippen LogP contribution in [-0.4, -0.2) is 22.1 Å². The first-order chi connectivity index (χ1) is 9.08. The van der Waals surface area contributed by atoms with E-state index in [0.717, 1.165) is 22.4 Å². The number of nitrogens with zero attached hydrogens (tertiary/aromatic N) is 3. The summed E-state index contributed by atoms with van der Waals surface area (Å²) in [6.07, 6.45) is 0. The number of benzene rings is 1. The van der Waals surface area contributed by atoms with Crippen molar-refractivity contribution >= 4 is 17.0 Å². The second-order valence-corrected chi connectivity index (χ2v) is 4.59. The van der Waals surface area contributed by atoms with Gasteiger partial charge in [0, 0.05) is 13.6 Å². The summed E-state index contributed by atoms with van der Waals surface area (Å²) in [4.78, 5) is 8.82. The summed E-state index contributed by atoms with van der Waals surface area (Å²) in [5.74, 6) is 1.30. The first-order valence-electron chi connectivity index (χ1n) is 6.16. The van der Waals surface area contributed by atoms with E-state index in [1.54, 1.807) is 0 Å². The highest BCUT2D eigenvalue weighted by atomic mass is 15.1. The maximum atomic E-state index is 5.77. The van der Waals surface area contributed by atoms with Gasteiger partial charge in [-0.15, -0.1) is 0 Å². The predicted molar refractivity (Wildman–Crippen MR) is 78.9 cm³/mol. The van der Waals surface area contributed by atoms with E-state index >= 15 is 0 Å². The lowest BCUT2D eigenvalue weighted by atomic mass is 10.3. The standard InChI is InChI=1S/C14H19N5/c1-10(2)8-16-14(15)17-9-13-18-11-6-4-5-7-12(11)19(13)3/h4-7H,1,8-9H2,2-3H3,(H3,15,16,17). The van der Waals surface area contributed by atoms with E-state index in [4.69, 9.17) is 5.73 Å². The van der Waals surface area contributed by atoms with Crippen LogP contribution in [0.1, 0.15) is 12.7 Å². The van der Waals surface area contributed by atoms with Crippen LogP contribution in [0.3, 0.4) is 0 Å². The van der Waals surface area contributed by atoms with Crippen LogP contribution in [-0.2, 0) is 13.6 Å². The minimum atomic E-state index is 0.412. The quantitative estimate of drug-likeness (QED) is 0.496. The van der Waals surface area contributed by atoms with Gasteiger partial charge in [0.15, 0.2) is 5.96 Å². The molecule has 5 nitrogen and oxygen atoms in total. The fraction of sp³-hybridized carbons (Fsp3) is 0.286. The molecule has 5 heteroatoms. The van der Waals surface area contributed by atoms with Crippen LogP contribution in [0.4, 0.5) is 0 Å². The molecule has 0 aliphatic rings. The summed E-state index contributed by atoms with van der Waals surface area (Å²) in [6.45, 7) is 6.83. The molecule has 100 valence electrons. The van der Waals surface area contributed by atoms with Gasteiger partial charge in [-0.2, -0.15) is 0 Å². The fourth-order valence-electron chi connectivity index (χ4n) is 1.79. The lowest BCUT2D eigenvalue weighted by Crippen LogP contribution is -2.32. The van der Waals surface area contributed by atoms with Crippen molar-refractivity contribution in [2.24, 2.45) is 17.8 Å². The minimum Gasteiger partial charge on any atom is -0.370 e. The van der Waals surface area contributed by atoms with Crippen molar-refractivity contribution in [2.45, 2.75) is 13.5 Å². The zero-order valence-electron chi connectivity index (χ0n) is 11.3. The van der Waals surface area contributed by atoms with Crippen LogP contribution < -0.4 is 11.1 Å². The molecule has 2 aromatic rings. The molecule has 0 fully saturated rings. The third kappa shape index (κ3) is 3.13. The Labute approximate surface area is 112 Å². The molecule has 0 aliphatic heterocycles. The van der Waals surface area contributed by atoms with Gasteiger partial charge in [0.05, 0.1) is 11.0 Å². The average molecular weight is 257 g/mol. The number of aliphatic imine (C=N–C) groups is 1. The molecule has 2 rings (SSSR count). The monoisotopic (exact) mass is 257 g/mol. The number of nitrogens with one attached hydrogen (secondary N) is 1. The number of imidazole rings is 1. The number of rotatable bonds is 4. The number of hydrogen-bond acceptors (Lipinski definition) is 2. The van der Waals surface area contributed by atoms with Gasteiger partial charge in [0.25, 0.3) is 0 Å². The number of guanidine groups is 1. The molecule has 0 radical (unpaired) electrons. The molecule has 3 N–H and O–H groups in total. The van der Waals surface area contributed by atoms with E-state index in [2.05, 4.69) is 21.9 Å². The van der Waals surface area contributed by atoms with Crippen molar-refractivity contribution in [1.82, 2.24) is 14.9 Å². The number of fused-ring (bicyclic) bond motifs is 1. The molecule has 0 spiro atoms. The van der Waals surface area contributed by atoms with Crippen LogP contribution in [0.2, 0.25) is 0 Å². The van der Waals surface area contributed by atoms with Crippen LogP contribution in [0.15, 0.2) is 41.4 Å². The SMILES string of the molecule is C=C(C)CNC(N)=NCc1nc2ccccc2n1C. The first-order valence-corrected chi connectivity index (χ1v) is 6.16. The number of para-hydroxylation sites is 2. The van der Waals surface area contributed by atoms with Crippen molar-refractivity contribution in [3.63, 3.8) is 0 Å². The topological polar surface area (TPSA) is 68.2 Å². The van der Waals surface area contributed by atoms with E-state index in [1.165, 1.54) is 0 Å². The zero-order chi connectivity index (χ0) is 13.8. The van der Waals surface area contributed by atoms with Gasteiger partial charge < -0.3 is 15.6 Å². The molecule has 0 saturated carbocycles. The van der Waals surface area contributed by atoms with Crippen molar-refractivity contribution < 1.29 is 0 Å². The van der Waals surface area contributed by atoms with E-state index < -0.39 is 0 Å². The number of aryl methyl sites for hydroxylation is 1. The van der Waals surface area contributed by atoms with E-state index in [0.29, 0.717) is 19.0 Å². The summed E-state index contributed by atoms with van der Waals surface area (Å²) < 4.78 is 2.03. The summed E-state index contributed by atoms with van der Waals surface area (Å²) in [5.41, 5.74) is 8.86. The Morgan fingerprint density at radius 2 is 2.21 bits per heavy atom. The van der Waals surface area contributed by atoms with Gasteiger partial charge in [-0.1, -0.05) is 24.3 Å². The normalized spacial score (nSPS) is 11.8. The van der Waals surface area contributed by atoms with Gasteiger partial charge in [0.2, 0.25) is 0 Å². The number of aromatic nitrogens is 2. The highest BCUT2D eigenvalue weighted by molar-refractivity contribution is 5.78. The Hall–Kier alpha value is -2.30. The lowest BCUT2D eigenvalue weighted by Gasteiger charge is -2.04. The van der Waals surface area contributed by atoms with Crippen LogP contribution >= 0.6 is 0 Å². The molecule has 1 aromatic heterocycles.